The Labute approximate surface area is 138 Å². The van der Waals surface area contributed by atoms with Crippen LogP contribution >= 0.6 is 0 Å². The van der Waals surface area contributed by atoms with Crippen LogP contribution in [0.5, 0.6) is 0 Å². The number of nitro benzene ring substituents is 1. The van der Waals surface area contributed by atoms with Gasteiger partial charge in [0.25, 0.3) is 11.6 Å². The molecule has 1 fully saturated rings. The Morgan fingerprint density at radius 2 is 1.92 bits per heavy atom. The summed E-state index contributed by atoms with van der Waals surface area (Å²) in [7, 11) is 0. The van der Waals surface area contributed by atoms with E-state index in [1.54, 1.807) is 4.90 Å². The zero-order chi connectivity index (χ0) is 17.4. The third-order valence-electron chi connectivity index (χ3n) is 4.59. The molecule has 0 unspecified atom stereocenters. The van der Waals surface area contributed by atoms with Crippen molar-refractivity contribution in [3.63, 3.8) is 0 Å². The number of carbonyl (C=O) groups is 1. The van der Waals surface area contributed by atoms with E-state index in [-0.39, 0.29) is 34.8 Å². The van der Waals surface area contributed by atoms with E-state index in [0.29, 0.717) is 5.39 Å². The molecule has 1 amide bonds. The highest BCUT2D eigenvalue weighted by molar-refractivity contribution is 5.97. The first-order chi connectivity index (χ1) is 11.4. The number of non-ortho nitro benzene ring substituents is 1. The van der Waals surface area contributed by atoms with Crippen LogP contribution in [0.2, 0.25) is 0 Å². The molecule has 2 heterocycles. The second-order valence-corrected chi connectivity index (χ2v) is 6.27. The fourth-order valence-electron chi connectivity index (χ4n) is 3.33. The van der Waals surface area contributed by atoms with E-state index in [4.69, 9.17) is 4.42 Å². The molecule has 0 saturated carbocycles. The molecule has 7 nitrogen and oxygen atoms in total. The molecular formula is C17H18N2O5. The Bertz CT molecular complexity index is 863. The van der Waals surface area contributed by atoms with Crippen LogP contribution in [0.1, 0.15) is 43.5 Å². The predicted molar refractivity (Wildman–Crippen MR) is 88.1 cm³/mol. The van der Waals surface area contributed by atoms with Crippen LogP contribution in [0, 0.1) is 10.1 Å². The first kappa shape index (κ1) is 16.2. The van der Waals surface area contributed by atoms with E-state index in [1.165, 1.54) is 24.3 Å². The van der Waals surface area contributed by atoms with Gasteiger partial charge in [-0.05, 0) is 45.2 Å². The standard InChI is InChI=1S/C17H18N2O5/c1-10-4-3-5-11(2)18(10)16(20)14-9-12-8-13(19(22)23)6-7-15(12)24-17(14)21/h6-11H,3-5H2,1-2H3/t10-,11+. The van der Waals surface area contributed by atoms with Gasteiger partial charge >= 0.3 is 5.63 Å². The molecule has 1 aromatic heterocycles. The molecule has 2 aromatic rings. The summed E-state index contributed by atoms with van der Waals surface area (Å²) in [5, 5.41) is 11.3. The molecule has 0 radical (unpaired) electrons. The summed E-state index contributed by atoms with van der Waals surface area (Å²) in [6.45, 7) is 3.92. The maximum atomic E-state index is 12.8. The highest BCUT2D eigenvalue weighted by atomic mass is 16.6. The Morgan fingerprint density at radius 3 is 2.54 bits per heavy atom. The maximum Gasteiger partial charge on any atom is 0.349 e. The fourth-order valence-corrected chi connectivity index (χ4v) is 3.33. The Morgan fingerprint density at radius 1 is 1.25 bits per heavy atom. The van der Waals surface area contributed by atoms with Crippen molar-refractivity contribution in [1.82, 2.24) is 4.90 Å². The lowest BCUT2D eigenvalue weighted by Crippen LogP contribution is -2.48. The van der Waals surface area contributed by atoms with E-state index < -0.39 is 10.5 Å². The summed E-state index contributed by atoms with van der Waals surface area (Å²) in [6, 6.07) is 5.42. The zero-order valence-electron chi connectivity index (χ0n) is 13.5. The summed E-state index contributed by atoms with van der Waals surface area (Å²) < 4.78 is 5.18. The van der Waals surface area contributed by atoms with Gasteiger partial charge in [-0.1, -0.05) is 0 Å². The van der Waals surface area contributed by atoms with Crippen LogP contribution in [-0.4, -0.2) is 27.8 Å². The molecule has 3 rings (SSSR count). The van der Waals surface area contributed by atoms with E-state index in [2.05, 4.69) is 0 Å². The summed E-state index contributed by atoms with van der Waals surface area (Å²) in [5.41, 5.74) is -0.689. The number of benzene rings is 1. The molecule has 1 aliphatic heterocycles. The quantitative estimate of drug-likeness (QED) is 0.479. The molecule has 1 aromatic carbocycles. The number of hydrogen-bond acceptors (Lipinski definition) is 5. The molecule has 1 saturated heterocycles. The fraction of sp³-hybridized carbons (Fsp3) is 0.412. The van der Waals surface area contributed by atoms with Crippen molar-refractivity contribution in [3.05, 3.63) is 50.4 Å². The Hall–Kier alpha value is -2.70. The molecule has 0 N–H and O–H groups in total. The van der Waals surface area contributed by atoms with Gasteiger partial charge in [0.05, 0.1) is 4.92 Å². The van der Waals surface area contributed by atoms with Gasteiger partial charge in [0.2, 0.25) is 0 Å². The molecule has 24 heavy (non-hydrogen) atoms. The summed E-state index contributed by atoms with van der Waals surface area (Å²) in [6.07, 6.45) is 2.82. The SMILES string of the molecule is C[C@@H]1CCC[C@H](C)N1C(=O)c1cc2cc([N+](=O)[O-])ccc2oc1=O. The van der Waals surface area contributed by atoms with Gasteiger partial charge in [0.15, 0.2) is 0 Å². The van der Waals surface area contributed by atoms with Gasteiger partial charge in [0.1, 0.15) is 11.1 Å². The molecular weight excluding hydrogens is 312 g/mol. The number of nitro groups is 1. The normalized spacial score (nSPS) is 21.0. The van der Waals surface area contributed by atoms with Crippen LogP contribution in [0.4, 0.5) is 5.69 Å². The van der Waals surface area contributed by atoms with Gasteiger partial charge in [-0.3, -0.25) is 14.9 Å². The second-order valence-electron chi connectivity index (χ2n) is 6.27. The Balaban J connectivity index is 2.07. The minimum atomic E-state index is -0.716. The largest absolute Gasteiger partial charge is 0.422 e. The van der Waals surface area contributed by atoms with Crippen molar-refractivity contribution in [2.75, 3.05) is 0 Å². The van der Waals surface area contributed by atoms with Crippen LogP contribution in [0.3, 0.4) is 0 Å². The molecule has 0 spiro atoms. The van der Waals surface area contributed by atoms with Gasteiger partial charge in [-0.2, -0.15) is 0 Å². The monoisotopic (exact) mass is 330 g/mol. The number of amides is 1. The number of piperidine rings is 1. The van der Waals surface area contributed by atoms with Crippen LogP contribution in [-0.2, 0) is 0 Å². The van der Waals surface area contributed by atoms with Crippen molar-refractivity contribution in [2.45, 2.75) is 45.2 Å². The van der Waals surface area contributed by atoms with E-state index in [1.807, 2.05) is 13.8 Å². The molecule has 1 aliphatic rings. The van der Waals surface area contributed by atoms with Gasteiger partial charge in [-0.15, -0.1) is 0 Å². The Kier molecular flexibility index (Phi) is 4.09. The third kappa shape index (κ3) is 2.77. The van der Waals surface area contributed by atoms with Crippen molar-refractivity contribution >= 4 is 22.6 Å². The highest BCUT2D eigenvalue weighted by Crippen LogP contribution is 2.25. The lowest BCUT2D eigenvalue weighted by molar-refractivity contribution is -0.384. The van der Waals surface area contributed by atoms with Crippen LogP contribution in [0.15, 0.2) is 33.5 Å². The first-order valence-corrected chi connectivity index (χ1v) is 7.93. The van der Waals surface area contributed by atoms with Crippen molar-refractivity contribution < 1.29 is 14.1 Å². The van der Waals surface area contributed by atoms with Gasteiger partial charge in [0, 0.05) is 29.6 Å². The average molecular weight is 330 g/mol. The predicted octanol–water partition coefficient (Wildman–Crippen LogP) is 3.10. The van der Waals surface area contributed by atoms with Gasteiger partial charge in [-0.25, -0.2) is 4.79 Å². The molecule has 0 aliphatic carbocycles. The number of hydrogen-bond donors (Lipinski definition) is 0. The lowest BCUT2D eigenvalue weighted by atomic mass is 9.96. The minimum absolute atomic E-state index is 0.0430. The maximum absolute atomic E-state index is 12.8. The van der Waals surface area contributed by atoms with Crippen molar-refractivity contribution in [3.8, 4) is 0 Å². The first-order valence-electron chi connectivity index (χ1n) is 7.93. The average Bonchev–Trinajstić information content (AvgIpc) is 2.53. The number of nitrogens with zero attached hydrogens (tertiary/aromatic N) is 2. The lowest BCUT2D eigenvalue weighted by Gasteiger charge is -2.38. The van der Waals surface area contributed by atoms with Gasteiger partial charge < -0.3 is 9.32 Å². The third-order valence-corrected chi connectivity index (χ3v) is 4.59. The molecule has 126 valence electrons. The number of rotatable bonds is 2. The second kappa shape index (κ2) is 6.07. The van der Waals surface area contributed by atoms with Crippen molar-refractivity contribution in [1.29, 1.82) is 0 Å². The van der Waals surface area contributed by atoms with Crippen molar-refractivity contribution in [2.24, 2.45) is 0 Å². The van der Waals surface area contributed by atoms with E-state index in [9.17, 15) is 19.7 Å². The zero-order valence-corrected chi connectivity index (χ0v) is 13.5. The summed E-state index contributed by atoms with van der Waals surface area (Å²) in [4.78, 5) is 37.1. The number of fused-ring (bicyclic) bond motifs is 1. The topological polar surface area (TPSA) is 93.7 Å². The molecule has 0 bridgehead atoms. The van der Waals surface area contributed by atoms with Crippen LogP contribution in [0.25, 0.3) is 11.0 Å². The molecule has 2 atom stereocenters. The smallest absolute Gasteiger partial charge is 0.349 e. The minimum Gasteiger partial charge on any atom is -0.422 e. The van der Waals surface area contributed by atoms with Crippen LogP contribution < -0.4 is 5.63 Å². The summed E-state index contributed by atoms with van der Waals surface area (Å²) >= 11 is 0. The number of likely N-dealkylation sites (tertiary alicyclic amines) is 1. The summed E-state index contributed by atoms with van der Waals surface area (Å²) in [5.74, 6) is -0.378. The van der Waals surface area contributed by atoms with E-state index in [0.717, 1.165) is 19.3 Å². The number of carbonyl (C=O) groups excluding carboxylic acids is 1. The van der Waals surface area contributed by atoms with E-state index >= 15 is 0 Å². The molecule has 7 heteroatoms. The highest BCUT2D eigenvalue weighted by Gasteiger charge is 2.31.